The number of nitrogens with zero attached hydrogens (tertiary/aromatic N) is 2. The SMILES string of the molecule is Cn1cc(Br)nc1C1(OCC(=O)OC(C)(C)C)CCCNC1. The first-order valence-corrected chi connectivity index (χ1v) is 8.27. The largest absolute Gasteiger partial charge is 0.458 e. The number of halogens is 1. The molecule has 2 rings (SSSR count). The zero-order valence-electron chi connectivity index (χ0n) is 13.6. The second kappa shape index (κ2) is 6.68. The average molecular weight is 374 g/mol. The lowest BCUT2D eigenvalue weighted by molar-refractivity contribution is -0.170. The molecule has 1 fully saturated rings. The Morgan fingerprint density at radius 1 is 1.55 bits per heavy atom. The fourth-order valence-corrected chi connectivity index (χ4v) is 3.15. The molecule has 0 radical (unpaired) electrons. The van der Waals surface area contributed by atoms with E-state index in [0.29, 0.717) is 6.54 Å². The first kappa shape index (κ1) is 17.4. The Morgan fingerprint density at radius 2 is 2.27 bits per heavy atom. The van der Waals surface area contributed by atoms with Gasteiger partial charge in [0.05, 0.1) is 0 Å². The molecular formula is C15H24BrN3O3. The lowest BCUT2D eigenvalue weighted by Crippen LogP contribution is -2.48. The van der Waals surface area contributed by atoms with Gasteiger partial charge >= 0.3 is 5.97 Å². The number of aromatic nitrogens is 2. The van der Waals surface area contributed by atoms with Gasteiger partial charge < -0.3 is 19.4 Å². The maximum Gasteiger partial charge on any atom is 0.332 e. The molecule has 1 N–H and O–H groups in total. The molecule has 6 nitrogen and oxygen atoms in total. The van der Waals surface area contributed by atoms with E-state index in [1.54, 1.807) is 0 Å². The quantitative estimate of drug-likeness (QED) is 0.818. The van der Waals surface area contributed by atoms with Gasteiger partial charge in [0.15, 0.2) is 0 Å². The number of piperidine rings is 1. The van der Waals surface area contributed by atoms with Gasteiger partial charge in [-0.2, -0.15) is 0 Å². The van der Waals surface area contributed by atoms with Crippen molar-refractivity contribution in [2.75, 3.05) is 19.7 Å². The summed E-state index contributed by atoms with van der Waals surface area (Å²) in [6, 6.07) is 0. The van der Waals surface area contributed by atoms with Gasteiger partial charge in [-0.25, -0.2) is 9.78 Å². The standard InChI is InChI=1S/C15H24BrN3O3/c1-14(2,3)22-12(20)9-21-15(6-5-7-17-10-15)13-18-11(16)8-19(13)4/h8,17H,5-7,9-10H2,1-4H3. The molecule has 1 saturated heterocycles. The minimum absolute atomic E-state index is 0.0799. The monoisotopic (exact) mass is 373 g/mol. The molecule has 1 aliphatic heterocycles. The first-order valence-electron chi connectivity index (χ1n) is 7.48. The van der Waals surface area contributed by atoms with E-state index in [2.05, 4.69) is 26.2 Å². The molecule has 0 bridgehead atoms. The Bertz CT molecular complexity index is 531. The number of esters is 1. The van der Waals surface area contributed by atoms with E-state index in [9.17, 15) is 4.79 Å². The number of carbonyl (C=O) groups excluding carboxylic acids is 1. The molecule has 1 aromatic heterocycles. The summed E-state index contributed by atoms with van der Waals surface area (Å²) in [6.45, 7) is 7.04. The smallest absolute Gasteiger partial charge is 0.332 e. The Hall–Kier alpha value is -0.920. The number of carbonyl (C=O) groups is 1. The van der Waals surface area contributed by atoms with Gasteiger partial charge in [0.25, 0.3) is 0 Å². The van der Waals surface area contributed by atoms with Crippen LogP contribution >= 0.6 is 15.9 Å². The summed E-state index contributed by atoms with van der Waals surface area (Å²) in [5.41, 5.74) is -1.11. The van der Waals surface area contributed by atoms with E-state index < -0.39 is 11.2 Å². The number of nitrogens with one attached hydrogen (secondary N) is 1. The molecule has 1 aliphatic rings. The summed E-state index contributed by atoms with van der Waals surface area (Å²) in [6.07, 6.45) is 3.68. The second-order valence-corrected chi connectivity index (χ2v) is 7.46. The van der Waals surface area contributed by atoms with Gasteiger partial charge in [-0.1, -0.05) is 0 Å². The van der Waals surface area contributed by atoms with Crippen LogP contribution in [0.15, 0.2) is 10.8 Å². The fourth-order valence-electron chi connectivity index (χ4n) is 2.68. The molecule has 1 atom stereocenters. The van der Waals surface area contributed by atoms with Crippen LogP contribution in [0.1, 0.15) is 39.4 Å². The number of aryl methyl sites for hydroxylation is 1. The number of rotatable bonds is 4. The predicted octanol–water partition coefficient (Wildman–Crippen LogP) is 2.12. The highest BCUT2D eigenvalue weighted by Crippen LogP contribution is 2.32. The molecule has 7 heteroatoms. The van der Waals surface area contributed by atoms with Gasteiger partial charge in [0.2, 0.25) is 0 Å². The molecule has 0 saturated carbocycles. The molecule has 22 heavy (non-hydrogen) atoms. The van der Waals surface area contributed by atoms with Crippen molar-refractivity contribution in [2.24, 2.45) is 7.05 Å². The maximum atomic E-state index is 12.0. The van der Waals surface area contributed by atoms with Crippen molar-refractivity contribution < 1.29 is 14.3 Å². The van der Waals surface area contributed by atoms with E-state index in [1.807, 2.05) is 38.6 Å². The third-order valence-corrected chi connectivity index (χ3v) is 3.87. The summed E-state index contributed by atoms with van der Waals surface area (Å²) < 4.78 is 14.0. The number of hydrogen-bond donors (Lipinski definition) is 1. The fraction of sp³-hybridized carbons (Fsp3) is 0.733. The molecule has 1 aromatic rings. The van der Waals surface area contributed by atoms with Crippen molar-refractivity contribution in [3.63, 3.8) is 0 Å². The van der Waals surface area contributed by atoms with Crippen LogP contribution in [-0.2, 0) is 26.9 Å². The van der Waals surface area contributed by atoms with Crippen LogP contribution in [-0.4, -0.2) is 40.8 Å². The average Bonchev–Trinajstić information content (AvgIpc) is 2.75. The van der Waals surface area contributed by atoms with Crippen molar-refractivity contribution in [2.45, 2.75) is 44.8 Å². The molecular weight excluding hydrogens is 350 g/mol. The summed E-state index contributed by atoms with van der Waals surface area (Å²) in [7, 11) is 1.93. The van der Waals surface area contributed by atoms with Gasteiger partial charge in [-0.05, 0) is 56.1 Å². The number of hydrogen-bond acceptors (Lipinski definition) is 5. The predicted molar refractivity (Wildman–Crippen MR) is 86.5 cm³/mol. The van der Waals surface area contributed by atoms with Crippen LogP contribution in [0, 0.1) is 0 Å². The van der Waals surface area contributed by atoms with Crippen LogP contribution in [0.25, 0.3) is 0 Å². The number of imidazole rings is 1. The molecule has 0 amide bonds. The topological polar surface area (TPSA) is 65.4 Å². The van der Waals surface area contributed by atoms with E-state index in [0.717, 1.165) is 29.8 Å². The highest BCUT2D eigenvalue weighted by Gasteiger charge is 2.39. The summed E-state index contributed by atoms with van der Waals surface area (Å²) >= 11 is 3.39. The van der Waals surface area contributed by atoms with Crippen molar-refractivity contribution in [3.8, 4) is 0 Å². The Labute approximate surface area is 139 Å². The molecule has 2 heterocycles. The van der Waals surface area contributed by atoms with Gasteiger partial charge in [-0.15, -0.1) is 0 Å². The van der Waals surface area contributed by atoms with E-state index in [4.69, 9.17) is 9.47 Å². The molecule has 0 aliphatic carbocycles. The van der Waals surface area contributed by atoms with Crippen LogP contribution in [0.5, 0.6) is 0 Å². The Morgan fingerprint density at radius 3 is 2.77 bits per heavy atom. The lowest BCUT2D eigenvalue weighted by Gasteiger charge is -2.36. The van der Waals surface area contributed by atoms with E-state index >= 15 is 0 Å². The van der Waals surface area contributed by atoms with Crippen LogP contribution in [0.2, 0.25) is 0 Å². The minimum Gasteiger partial charge on any atom is -0.458 e. The molecule has 0 aromatic carbocycles. The maximum absolute atomic E-state index is 12.0. The summed E-state index contributed by atoms with van der Waals surface area (Å²) in [5, 5.41) is 3.34. The first-order chi connectivity index (χ1) is 10.2. The van der Waals surface area contributed by atoms with E-state index in [1.165, 1.54) is 0 Å². The lowest BCUT2D eigenvalue weighted by atomic mass is 9.92. The van der Waals surface area contributed by atoms with Gasteiger partial charge in [-0.3, -0.25) is 0 Å². The Kier molecular flexibility index (Phi) is 5.29. The third-order valence-electron chi connectivity index (χ3n) is 3.49. The highest BCUT2D eigenvalue weighted by atomic mass is 79.9. The van der Waals surface area contributed by atoms with E-state index in [-0.39, 0.29) is 12.6 Å². The Balaban J connectivity index is 2.13. The van der Waals surface area contributed by atoms with Crippen LogP contribution in [0.3, 0.4) is 0 Å². The van der Waals surface area contributed by atoms with Crippen molar-refractivity contribution >= 4 is 21.9 Å². The van der Waals surface area contributed by atoms with Crippen molar-refractivity contribution in [3.05, 3.63) is 16.6 Å². The second-order valence-electron chi connectivity index (χ2n) is 6.65. The molecule has 0 spiro atoms. The van der Waals surface area contributed by atoms with Crippen LogP contribution in [0.4, 0.5) is 0 Å². The summed E-state index contributed by atoms with van der Waals surface area (Å²) in [4.78, 5) is 16.5. The normalized spacial score (nSPS) is 22.6. The molecule has 1 unspecified atom stereocenters. The van der Waals surface area contributed by atoms with Gasteiger partial charge in [0, 0.05) is 19.8 Å². The zero-order valence-corrected chi connectivity index (χ0v) is 15.2. The minimum atomic E-state index is -0.601. The third kappa shape index (κ3) is 4.30. The van der Waals surface area contributed by atoms with Crippen molar-refractivity contribution in [1.29, 1.82) is 0 Å². The molecule has 124 valence electrons. The van der Waals surface area contributed by atoms with Crippen molar-refractivity contribution in [1.82, 2.24) is 14.9 Å². The summed E-state index contributed by atoms with van der Waals surface area (Å²) in [5.74, 6) is 0.459. The van der Waals surface area contributed by atoms with Gasteiger partial charge in [0.1, 0.15) is 28.2 Å². The van der Waals surface area contributed by atoms with Crippen LogP contribution < -0.4 is 5.32 Å². The highest BCUT2D eigenvalue weighted by molar-refractivity contribution is 9.10. The number of ether oxygens (including phenoxy) is 2. The zero-order chi connectivity index (χ0) is 16.4.